The minimum Gasteiger partial charge on any atom is -0.495 e. The number of nitrogens with zero attached hydrogens (tertiary/aromatic N) is 5. The Hall–Kier alpha value is -4.05. The van der Waals surface area contributed by atoms with Gasteiger partial charge in [0.05, 0.1) is 30.9 Å². The Morgan fingerprint density at radius 1 is 1.08 bits per heavy atom. The Kier molecular flexibility index (Phi) is 7.27. The number of hydrogen-bond donors (Lipinski definition) is 1. The molecule has 0 bridgehead atoms. The van der Waals surface area contributed by atoms with Crippen LogP contribution in [0, 0.1) is 6.92 Å². The van der Waals surface area contributed by atoms with Crippen molar-refractivity contribution in [3.63, 3.8) is 0 Å². The molecule has 0 unspecified atom stereocenters. The van der Waals surface area contributed by atoms with Crippen LogP contribution in [0.15, 0.2) is 66.1 Å². The van der Waals surface area contributed by atoms with Gasteiger partial charge in [0.2, 0.25) is 5.91 Å². The standard InChI is InChI=1S/C27H28N6O3S/c1-4-5-14-36-20-9-7-19(8-10-20)21-16-23-26-29-30-27(32(26)12-13-33(23)31-21)37-17-25(34)28-22-15-18(2)6-11-24(22)35-3/h6-13,15-16H,4-5,14,17H2,1-3H3,(H,28,34). The molecule has 2 aromatic carbocycles. The molecule has 0 radical (unpaired) electrons. The summed E-state index contributed by atoms with van der Waals surface area (Å²) in [6.07, 6.45) is 5.86. The zero-order valence-electron chi connectivity index (χ0n) is 21.0. The molecule has 0 aliphatic carbocycles. The highest BCUT2D eigenvalue weighted by Crippen LogP contribution is 2.27. The summed E-state index contributed by atoms with van der Waals surface area (Å²) < 4.78 is 14.8. The van der Waals surface area contributed by atoms with Crippen LogP contribution in [0.4, 0.5) is 5.69 Å². The molecule has 1 amide bonds. The molecule has 1 N–H and O–H groups in total. The number of rotatable bonds is 10. The van der Waals surface area contributed by atoms with Gasteiger partial charge in [-0.05, 0) is 61.4 Å². The molecule has 0 spiro atoms. The second-order valence-corrected chi connectivity index (χ2v) is 9.54. The number of ether oxygens (including phenoxy) is 2. The Bertz CT molecular complexity index is 1540. The minimum atomic E-state index is -0.152. The van der Waals surface area contributed by atoms with Crippen LogP contribution in [-0.4, -0.2) is 49.6 Å². The average molecular weight is 517 g/mol. The van der Waals surface area contributed by atoms with E-state index in [1.54, 1.807) is 11.6 Å². The SMILES string of the molecule is CCCCOc1ccc(-c2cc3c4nnc(SCC(=O)Nc5cc(C)ccc5OC)n4ccn3n2)cc1. The third-order valence-electron chi connectivity index (χ3n) is 5.86. The van der Waals surface area contributed by atoms with Gasteiger partial charge in [0.1, 0.15) is 17.0 Å². The van der Waals surface area contributed by atoms with Crippen molar-refractivity contribution < 1.29 is 14.3 Å². The second-order valence-electron chi connectivity index (χ2n) is 8.60. The van der Waals surface area contributed by atoms with Crippen LogP contribution in [-0.2, 0) is 4.79 Å². The first-order chi connectivity index (χ1) is 18.1. The molecule has 0 atom stereocenters. The predicted molar refractivity (Wildman–Crippen MR) is 145 cm³/mol. The molecule has 0 saturated carbocycles. The zero-order chi connectivity index (χ0) is 25.8. The van der Waals surface area contributed by atoms with E-state index in [1.807, 2.05) is 72.2 Å². The number of carbonyl (C=O) groups is 1. The van der Waals surface area contributed by atoms with Crippen molar-refractivity contribution in [3.8, 4) is 22.8 Å². The molecule has 9 nitrogen and oxygen atoms in total. The van der Waals surface area contributed by atoms with Crippen LogP contribution in [0.5, 0.6) is 11.5 Å². The van der Waals surface area contributed by atoms with Crippen LogP contribution in [0.25, 0.3) is 22.4 Å². The van der Waals surface area contributed by atoms with E-state index in [0.29, 0.717) is 22.2 Å². The van der Waals surface area contributed by atoms with Crippen LogP contribution in [0.1, 0.15) is 25.3 Å². The van der Waals surface area contributed by atoms with Crippen molar-refractivity contribution in [1.29, 1.82) is 0 Å². The molecule has 10 heteroatoms. The topological polar surface area (TPSA) is 95.0 Å². The van der Waals surface area contributed by atoms with Crippen molar-refractivity contribution in [3.05, 3.63) is 66.5 Å². The predicted octanol–water partition coefficient (Wildman–Crippen LogP) is 5.27. The first kappa shape index (κ1) is 24.6. The van der Waals surface area contributed by atoms with Crippen molar-refractivity contribution in [2.45, 2.75) is 31.8 Å². The van der Waals surface area contributed by atoms with Crippen molar-refractivity contribution in [2.24, 2.45) is 0 Å². The first-order valence-corrected chi connectivity index (χ1v) is 13.1. The molecular formula is C27H28N6O3S. The van der Waals surface area contributed by atoms with Gasteiger partial charge in [-0.3, -0.25) is 9.20 Å². The fourth-order valence-corrected chi connectivity index (χ4v) is 4.64. The average Bonchev–Trinajstić information content (AvgIpc) is 3.52. The lowest BCUT2D eigenvalue weighted by atomic mass is 10.1. The summed E-state index contributed by atoms with van der Waals surface area (Å²) in [5.74, 6) is 1.50. The number of methoxy groups -OCH3 is 1. The number of unbranched alkanes of at least 4 members (excludes halogenated alkanes) is 1. The van der Waals surface area contributed by atoms with Gasteiger partial charge in [-0.25, -0.2) is 4.52 Å². The summed E-state index contributed by atoms with van der Waals surface area (Å²) in [4.78, 5) is 12.6. The van der Waals surface area contributed by atoms with Gasteiger partial charge in [-0.15, -0.1) is 10.2 Å². The number of aryl methyl sites for hydroxylation is 1. The molecule has 3 heterocycles. The van der Waals surface area contributed by atoms with Gasteiger partial charge in [0.15, 0.2) is 10.8 Å². The van der Waals surface area contributed by atoms with E-state index in [2.05, 4.69) is 22.4 Å². The summed E-state index contributed by atoms with van der Waals surface area (Å²) in [6, 6.07) is 15.6. The third kappa shape index (κ3) is 5.39. The quantitative estimate of drug-likeness (QED) is 0.200. The van der Waals surface area contributed by atoms with E-state index < -0.39 is 0 Å². The molecule has 0 aliphatic rings. The molecular weight excluding hydrogens is 488 g/mol. The number of thioether (sulfide) groups is 1. The number of amides is 1. The first-order valence-electron chi connectivity index (χ1n) is 12.1. The number of aromatic nitrogens is 5. The van der Waals surface area contributed by atoms with E-state index in [0.717, 1.165) is 47.5 Å². The zero-order valence-corrected chi connectivity index (χ0v) is 21.8. The van der Waals surface area contributed by atoms with E-state index in [9.17, 15) is 4.79 Å². The highest BCUT2D eigenvalue weighted by Gasteiger charge is 2.15. The summed E-state index contributed by atoms with van der Waals surface area (Å²) in [5, 5.41) is 16.9. The monoisotopic (exact) mass is 516 g/mol. The Balaban J connectivity index is 1.30. The summed E-state index contributed by atoms with van der Waals surface area (Å²) in [7, 11) is 1.58. The van der Waals surface area contributed by atoms with E-state index in [1.165, 1.54) is 11.8 Å². The number of benzene rings is 2. The lowest BCUT2D eigenvalue weighted by molar-refractivity contribution is -0.113. The summed E-state index contributed by atoms with van der Waals surface area (Å²) >= 11 is 1.32. The highest BCUT2D eigenvalue weighted by atomic mass is 32.2. The van der Waals surface area contributed by atoms with Gasteiger partial charge < -0.3 is 14.8 Å². The lowest BCUT2D eigenvalue weighted by Crippen LogP contribution is -2.15. The summed E-state index contributed by atoms with van der Waals surface area (Å²) in [6.45, 7) is 4.83. The Morgan fingerprint density at radius 2 is 1.92 bits per heavy atom. The van der Waals surface area contributed by atoms with Gasteiger partial charge in [-0.2, -0.15) is 5.10 Å². The Labute approximate surface area is 218 Å². The number of fused-ring (bicyclic) bond motifs is 3. The minimum absolute atomic E-state index is 0.152. The molecule has 190 valence electrons. The third-order valence-corrected chi connectivity index (χ3v) is 6.81. The molecule has 5 aromatic rings. The largest absolute Gasteiger partial charge is 0.495 e. The normalized spacial score (nSPS) is 11.2. The van der Waals surface area contributed by atoms with Gasteiger partial charge in [0, 0.05) is 18.0 Å². The molecule has 3 aromatic heterocycles. The maximum absolute atomic E-state index is 12.6. The van der Waals surface area contributed by atoms with Crippen LogP contribution in [0.2, 0.25) is 0 Å². The number of nitrogens with one attached hydrogen (secondary N) is 1. The summed E-state index contributed by atoms with van der Waals surface area (Å²) in [5.41, 5.74) is 5.00. The second kappa shape index (κ2) is 10.9. The molecule has 5 rings (SSSR count). The van der Waals surface area contributed by atoms with Gasteiger partial charge in [0.25, 0.3) is 0 Å². The van der Waals surface area contributed by atoms with Crippen molar-refractivity contribution >= 4 is 34.5 Å². The van der Waals surface area contributed by atoms with Gasteiger partial charge in [-0.1, -0.05) is 31.2 Å². The smallest absolute Gasteiger partial charge is 0.234 e. The van der Waals surface area contributed by atoms with E-state index >= 15 is 0 Å². The number of hydrogen-bond acceptors (Lipinski definition) is 7. The van der Waals surface area contributed by atoms with Crippen molar-refractivity contribution in [2.75, 3.05) is 24.8 Å². The molecule has 0 saturated heterocycles. The van der Waals surface area contributed by atoms with Crippen LogP contribution < -0.4 is 14.8 Å². The van der Waals surface area contributed by atoms with E-state index in [4.69, 9.17) is 14.6 Å². The van der Waals surface area contributed by atoms with Crippen molar-refractivity contribution in [1.82, 2.24) is 24.2 Å². The Morgan fingerprint density at radius 3 is 2.70 bits per heavy atom. The van der Waals surface area contributed by atoms with Crippen LogP contribution in [0.3, 0.4) is 0 Å². The van der Waals surface area contributed by atoms with E-state index in [-0.39, 0.29) is 11.7 Å². The number of anilines is 1. The van der Waals surface area contributed by atoms with Gasteiger partial charge >= 0.3 is 0 Å². The fraction of sp³-hybridized carbons (Fsp3) is 0.259. The molecule has 0 aliphatic heterocycles. The fourth-order valence-electron chi connectivity index (χ4n) is 3.92. The molecule has 37 heavy (non-hydrogen) atoms. The molecule has 0 fully saturated rings. The number of carbonyl (C=O) groups excluding carboxylic acids is 1. The lowest BCUT2D eigenvalue weighted by Gasteiger charge is -2.10. The maximum Gasteiger partial charge on any atom is 0.234 e. The van der Waals surface area contributed by atoms with Crippen LogP contribution >= 0.6 is 11.8 Å². The maximum atomic E-state index is 12.6. The highest BCUT2D eigenvalue weighted by molar-refractivity contribution is 7.99.